The highest BCUT2D eigenvalue weighted by Crippen LogP contribution is 2.35. The lowest BCUT2D eigenvalue weighted by atomic mass is 9.90. The summed E-state index contributed by atoms with van der Waals surface area (Å²) in [6.45, 7) is 1.97. The first-order valence-electron chi connectivity index (χ1n) is 7.80. The van der Waals surface area contributed by atoms with E-state index in [-0.39, 0.29) is 17.3 Å². The second-order valence-electron chi connectivity index (χ2n) is 5.76. The summed E-state index contributed by atoms with van der Waals surface area (Å²) in [5.74, 6) is -0.798. The number of Topliss-reactive ketones (excluding diaryl/α,β-unsaturated/α-hetero) is 2. The van der Waals surface area contributed by atoms with Gasteiger partial charge in [0.05, 0.1) is 0 Å². The first kappa shape index (κ1) is 16.8. The van der Waals surface area contributed by atoms with Crippen molar-refractivity contribution in [2.45, 2.75) is 32.1 Å². The third-order valence-electron chi connectivity index (χ3n) is 4.19. The molecule has 0 saturated heterocycles. The number of ketones is 2. The van der Waals surface area contributed by atoms with Gasteiger partial charge in [-0.15, -0.1) is 0 Å². The van der Waals surface area contributed by atoms with E-state index in [1.54, 1.807) is 18.2 Å². The van der Waals surface area contributed by atoms with Crippen LogP contribution in [0.3, 0.4) is 0 Å². The van der Waals surface area contributed by atoms with Crippen LogP contribution in [0.4, 0.5) is 4.39 Å². The monoisotopic (exact) mass is 390 g/mol. The molecule has 1 fully saturated rings. The molecule has 0 bridgehead atoms. The Balaban J connectivity index is 1.97. The molecular formula is C19H16BrFO3. The quantitative estimate of drug-likeness (QED) is 0.692. The van der Waals surface area contributed by atoms with Crippen molar-refractivity contribution in [2.75, 3.05) is 0 Å². The lowest BCUT2D eigenvalue weighted by Gasteiger charge is -2.15. The van der Waals surface area contributed by atoms with Crippen LogP contribution >= 0.6 is 15.9 Å². The molecule has 24 heavy (non-hydrogen) atoms. The molecule has 1 saturated carbocycles. The van der Waals surface area contributed by atoms with E-state index < -0.39 is 11.7 Å². The molecule has 2 aromatic carbocycles. The fourth-order valence-corrected chi connectivity index (χ4v) is 3.31. The van der Waals surface area contributed by atoms with Gasteiger partial charge in [0.15, 0.2) is 11.6 Å². The number of benzene rings is 2. The molecule has 0 unspecified atom stereocenters. The van der Waals surface area contributed by atoms with E-state index in [0.29, 0.717) is 35.0 Å². The number of ether oxygens (including phenoxy) is 1. The molecule has 5 heteroatoms. The Morgan fingerprint density at radius 3 is 2.46 bits per heavy atom. The number of carbonyl (C=O) groups excluding carboxylic acids is 2. The van der Waals surface area contributed by atoms with Gasteiger partial charge in [0.1, 0.15) is 23.2 Å². The predicted molar refractivity (Wildman–Crippen MR) is 92.0 cm³/mol. The van der Waals surface area contributed by atoms with Crippen molar-refractivity contribution in [1.82, 2.24) is 0 Å². The minimum atomic E-state index is -0.710. The van der Waals surface area contributed by atoms with Gasteiger partial charge in [0.25, 0.3) is 0 Å². The van der Waals surface area contributed by atoms with Crippen LogP contribution < -0.4 is 4.74 Å². The summed E-state index contributed by atoms with van der Waals surface area (Å²) in [6.07, 6.45) is 1.29. The first-order valence-corrected chi connectivity index (χ1v) is 8.60. The summed E-state index contributed by atoms with van der Waals surface area (Å²) < 4.78 is 20.2. The summed E-state index contributed by atoms with van der Waals surface area (Å²) in [7, 11) is 0. The van der Waals surface area contributed by atoms with E-state index >= 15 is 0 Å². The number of carbonyl (C=O) groups is 2. The van der Waals surface area contributed by atoms with E-state index in [9.17, 15) is 14.0 Å². The molecule has 0 aliphatic heterocycles. The Bertz CT molecular complexity index is 800. The molecule has 0 spiro atoms. The molecule has 0 radical (unpaired) electrons. The molecule has 0 heterocycles. The van der Waals surface area contributed by atoms with Crippen molar-refractivity contribution in [3.63, 3.8) is 0 Å². The summed E-state index contributed by atoms with van der Waals surface area (Å²) in [5.41, 5.74) is 1.62. The number of halogens is 2. The van der Waals surface area contributed by atoms with Gasteiger partial charge in [-0.1, -0.05) is 28.9 Å². The maximum atomic E-state index is 13.9. The average molecular weight is 391 g/mol. The van der Waals surface area contributed by atoms with Gasteiger partial charge >= 0.3 is 0 Å². The van der Waals surface area contributed by atoms with E-state index in [2.05, 4.69) is 15.9 Å². The molecule has 1 aliphatic carbocycles. The number of rotatable bonds is 4. The second-order valence-corrected chi connectivity index (χ2v) is 6.67. The predicted octanol–water partition coefficient (Wildman–Crippen LogP) is 4.96. The fourth-order valence-electron chi connectivity index (χ4n) is 2.97. The van der Waals surface area contributed by atoms with Crippen molar-refractivity contribution in [1.29, 1.82) is 0 Å². The first-order chi connectivity index (χ1) is 11.5. The fraction of sp³-hybridized carbons (Fsp3) is 0.263. The van der Waals surface area contributed by atoms with Crippen LogP contribution in [0.1, 0.15) is 36.8 Å². The van der Waals surface area contributed by atoms with Crippen LogP contribution in [0.15, 0.2) is 40.9 Å². The normalized spacial score (nSPS) is 15.1. The molecule has 0 N–H and O–H groups in total. The Morgan fingerprint density at radius 1 is 1.12 bits per heavy atom. The molecule has 0 aromatic heterocycles. The topological polar surface area (TPSA) is 43.4 Å². The molecule has 3 nitrogen and oxygen atoms in total. The number of hydrogen-bond donors (Lipinski definition) is 0. The van der Waals surface area contributed by atoms with Crippen molar-refractivity contribution in [3.8, 4) is 11.5 Å². The summed E-state index contributed by atoms with van der Waals surface area (Å²) >= 11 is 3.20. The third-order valence-corrected chi connectivity index (χ3v) is 4.69. The minimum absolute atomic E-state index is 0.0540. The largest absolute Gasteiger partial charge is 0.454 e. The molecule has 1 aliphatic rings. The molecule has 124 valence electrons. The zero-order chi connectivity index (χ0) is 17.3. The van der Waals surface area contributed by atoms with Crippen molar-refractivity contribution in [2.24, 2.45) is 0 Å². The average Bonchev–Trinajstić information content (AvgIpc) is 2.89. The molecule has 3 rings (SSSR count). The van der Waals surface area contributed by atoms with E-state index in [1.165, 1.54) is 12.1 Å². The second kappa shape index (κ2) is 6.85. The maximum Gasteiger partial charge on any atom is 0.166 e. The third kappa shape index (κ3) is 3.26. The van der Waals surface area contributed by atoms with Crippen LogP contribution in [0.5, 0.6) is 11.5 Å². The van der Waals surface area contributed by atoms with Crippen LogP contribution in [0, 0.1) is 5.82 Å². The van der Waals surface area contributed by atoms with Gasteiger partial charge in [0.2, 0.25) is 0 Å². The Kier molecular flexibility index (Phi) is 4.81. The highest BCUT2D eigenvalue weighted by atomic mass is 79.9. The van der Waals surface area contributed by atoms with E-state index in [4.69, 9.17) is 4.74 Å². The number of hydrogen-bond acceptors (Lipinski definition) is 3. The van der Waals surface area contributed by atoms with E-state index in [1.807, 2.05) is 13.0 Å². The van der Waals surface area contributed by atoms with Crippen LogP contribution in [0.2, 0.25) is 0 Å². The standard InChI is InChI=1S/C19H16BrFO3/c1-2-11-3-5-13(24-18-8-4-12(20)9-15(18)21)10-14(11)19-16(22)6-7-17(19)23/h3-5,8-10,19H,2,6-7H2,1H3. The molecule has 2 aromatic rings. The number of aryl methyl sites for hydroxylation is 1. The van der Waals surface area contributed by atoms with Gasteiger partial charge in [-0.3, -0.25) is 9.59 Å². The Hall–Kier alpha value is -2.01. The van der Waals surface area contributed by atoms with Crippen LogP contribution in [-0.4, -0.2) is 11.6 Å². The molecule has 0 atom stereocenters. The van der Waals surface area contributed by atoms with Crippen molar-refractivity contribution in [3.05, 3.63) is 57.8 Å². The van der Waals surface area contributed by atoms with Crippen LogP contribution in [0.25, 0.3) is 0 Å². The lowest BCUT2D eigenvalue weighted by molar-refractivity contribution is -0.123. The Morgan fingerprint density at radius 2 is 1.83 bits per heavy atom. The highest BCUT2D eigenvalue weighted by molar-refractivity contribution is 9.10. The van der Waals surface area contributed by atoms with Crippen molar-refractivity contribution < 1.29 is 18.7 Å². The minimum Gasteiger partial charge on any atom is -0.454 e. The van der Waals surface area contributed by atoms with Gasteiger partial charge in [-0.05, 0) is 47.9 Å². The van der Waals surface area contributed by atoms with Gasteiger partial charge < -0.3 is 4.74 Å². The Labute approximate surface area is 148 Å². The summed E-state index contributed by atoms with van der Waals surface area (Å²) in [6, 6.07) is 9.78. The summed E-state index contributed by atoms with van der Waals surface area (Å²) in [5, 5.41) is 0. The smallest absolute Gasteiger partial charge is 0.166 e. The van der Waals surface area contributed by atoms with Gasteiger partial charge in [-0.25, -0.2) is 4.39 Å². The molecule has 0 amide bonds. The lowest BCUT2D eigenvalue weighted by Crippen LogP contribution is -2.14. The SMILES string of the molecule is CCc1ccc(Oc2ccc(Br)cc2F)cc1C1C(=O)CCC1=O. The van der Waals surface area contributed by atoms with Gasteiger partial charge in [0, 0.05) is 17.3 Å². The molecular weight excluding hydrogens is 375 g/mol. The zero-order valence-corrected chi connectivity index (χ0v) is 14.7. The highest BCUT2D eigenvalue weighted by Gasteiger charge is 2.35. The van der Waals surface area contributed by atoms with E-state index in [0.717, 1.165) is 5.56 Å². The van der Waals surface area contributed by atoms with Gasteiger partial charge in [-0.2, -0.15) is 0 Å². The summed E-state index contributed by atoms with van der Waals surface area (Å²) in [4.78, 5) is 24.2. The maximum absolute atomic E-state index is 13.9. The van der Waals surface area contributed by atoms with Crippen LogP contribution in [-0.2, 0) is 16.0 Å². The van der Waals surface area contributed by atoms with Crippen molar-refractivity contribution >= 4 is 27.5 Å². The zero-order valence-electron chi connectivity index (χ0n) is 13.1.